The predicted molar refractivity (Wildman–Crippen MR) is 74.2 cm³/mol. The molecule has 2 aliphatic rings. The molecule has 2 amide bonds. The predicted octanol–water partition coefficient (Wildman–Crippen LogP) is 2.95. The van der Waals surface area contributed by atoms with E-state index in [0.717, 1.165) is 10.5 Å². The summed E-state index contributed by atoms with van der Waals surface area (Å²) in [6.45, 7) is 1.99. The molecule has 1 aromatic carbocycles. The van der Waals surface area contributed by atoms with Gasteiger partial charge in [0.1, 0.15) is 0 Å². The SMILES string of the molecule is Cc1ccccc1SN1C(=O)C2CC=CCC2C1=O. The average Bonchev–Trinajstić information content (AvgIpc) is 2.67. The minimum absolute atomic E-state index is 0.0346. The Morgan fingerprint density at radius 1 is 1.05 bits per heavy atom. The highest BCUT2D eigenvalue weighted by molar-refractivity contribution is 7.98. The summed E-state index contributed by atoms with van der Waals surface area (Å²) < 4.78 is 1.37. The van der Waals surface area contributed by atoms with Crippen LogP contribution in [0.1, 0.15) is 18.4 Å². The van der Waals surface area contributed by atoms with Crippen LogP contribution in [0.3, 0.4) is 0 Å². The van der Waals surface area contributed by atoms with Crippen LogP contribution in [-0.4, -0.2) is 16.1 Å². The van der Waals surface area contributed by atoms with Gasteiger partial charge in [-0.2, -0.15) is 0 Å². The Balaban J connectivity index is 1.85. The number of carbonyl (C=O) groups excluding carboxylic acids is 2. The van der Waals surface area contributed by atoms with Gasteiger partial charge < -0.3 is 0 Å². The molecule has 2 atom stereocenters. The second-order valence-electron chi connectivity index (χ2n) is 4.98. The number of imide groups is 1. The summed E-state index contributed by atoms with van der Waals surface area (Å²) in [4.78, 5) is 25.6. The maximum Gasteiger partial charge on any atom is 0.243 e. The third-order valence-electron chi connectivity index (χ3n) is 3.75. The molecule has 0 bridgehead atoms. The summed E-state index contributed by atoms with van der Waals surface area (Å²) in [7, 11) is 0. The Bertz CT molecular complexity index is 541. The normalized spacial score (nSPS) is 25.8. The lowest BCUT2D eigenvalue weighted by molar-refractivity contribution is -0.133. The number of allylic oxidation sites excluding steroid dienone is 2. The van der Waals surface area contributed by atoms with Crippen molar-refractivity contribution in [1.29, 1.82) is 0 Å². The van der Waals surface area contributed by atoms with E-state index in [0.29, 0.717) is 12.8 Å². The Morgan fingerprint density at radius 3 is 2.21 bits per heavy atom. The zero-order valence-electron chi connectivity index (χ0n) is 10.7. The maximum atomic E-state index is 12.3. The standard InChI is InChI=1S/C15H15NO2S/c1-10-6-2-5-9-13(10)19-16-14(17)11-7-3-4-8-12(11)15(16)18/h2-6,9,11-12H,7-8H2,1H3. The van der Waals surface area contributed by atoms with E-state index in [4.69, 9.17) is 0 Å². The van der Waals surface area contributed by atoms with Gasteiger partial charge in [0.15, 0.2) is 0 Å². The van der Waals surface area contributed by atoms with Crippen molar-refractivity contribution in [2.24, 2.45) is 11.8 Å². The molecular formula is C15H15NO2S. The van der Waals surface area contributed by atoms with Crippen molar-refractivity contribution in [3.63, 3.8) is 0 Å². The van der Waals surface area contributed by atoms with Gasteiger partial charge >= 0.3 is 0 Å². The molecule has 1 aliphatic carbocycles. The summed E-state index contributed by atoms with van der Waals surface area (Å²) in [5, 5.41) is 0. The molecule has 0 radical (unpaired) electrons. The van der Waals surface area contributed by atoms with Crippen molar-refractivity contribution in [2.45, 2.75) is 24.7 Å². The van der Waals surface area contributed by atoms with Crippen LogP contribution < -0.4 is 0 Å². The molecule has 0 N–H and O–H groups in total. The lowest BCUT2D eigenvalue weighted by Gasteiger charge is -2.14. The van der Waals surface area contributed by atoms with Gasteiger partial charge in [0.25, 0.3) is 0 Å². The van der Waals surface area contributed by atoms with Crippen LogP contribution in [-0.2, 0) is 9.59 Å². The van der Waals surface area contributed by atoms with Gasteiger partial charge in [-0.25, -0.2) is 4.31 Å². The smallest absolute Gasteiger partial charge is 0.243 e. The Morgan fingerprint density at radius 2 is 1.63 bits per heavy atom. The van der Waals surface area contributed by atoms with E-state index in [-0.39, 0.29) is 23.7 Å². The second-order valence-corrected chi connectivity index (χ2v) is 5.97. The van der Waals surface area contributed by atoms with Gasteiger partial charge in [-0.3, -0.25) is 9.59 Å². The molecule has 0 saturated carbocycles. The lowest BCUT2D eigenvalue weighted by atomic mass is 9.85. The van der Waals surface area contributed by atoms with Crippen molar-refractivity contribution in [3.05, 3.63) is 42.0 Å². The van der Waals surface area contributed by atoms with Gasteiger partial charge in [-0.1, -0.05) is 30.4 Å². The van der Waals surface area contributed by atoms with E-state index in [1.54, 1.807) is 0 Å². The molecule has 1 aliphatic heterocycles. The highest BCUT2D eigenvalue weighted by Crippen LogP contribution is 2.40. The number of nitrogens with zero attached hydrogens (tertiary/aromatic N) is 1. The molecule has 1 saturated heterocycles. The number of hydrogen-bond donors (Lipinski definition) is 0. The van der Waals surface area contributed by atoms with Gasteiger partial charge in [0, 0.05) is 4.90 Å². The van der Waals surface area contributed by atoms with Gasteiger partial charge in [-0.05, 0) is 43.3 Å². The Hall–Kier alpha value is -1.55. The Labute approximate surface area is 116 Å². The first-order valence-electron chi connectivity index (χ1n) is 6.45. The first-order valence-corrected chi connectivity index (χ1v) is 7.22. The van der Waals surface area contributed by atoms with E-state index in [2.05, 4.69) is 0 Å². The van der Waals surface area contributed by atoms with Crippen LogP contribution in [0, 0.1) is 18.8 Å². The fourth-order valence-electron chi connectivity index (χ4n) is 2.62. The molecule has 1 heterocycles. The fourth-order valence-corrected chi connectivity index (χ4v) is 3.62. The highest BCUT2D eigenvalue weighted by Gasteiger charge is 2.47. The second kappa shape index (κ2) is 4.85. The minimum atomic E-state index is -0.144. The number of amides is 2. The maximum absolute atomic E-state index is 12.3. The zero-order chi connectivity index (χ0) is 13.4. The molecule has 3 nitrogen and oxygen atoms in total. The number of rotatable bonds is 2. The van der Waals surface area contributed by atoms with Crippen LogP contribution in [0.2, 0.25) is 0 Å². The van der Waals surface area contributed by atoms with Crippen LogP contribution in [0.25, 0.3) is 0 Å². The van der Waals surface area contributed by atoms with Crippen molar-refractivity contribution in [2.75, 3.05) is 0 Å². The van der Waals surface area contributed by atoms with Crippen molar-refractivity contribution in [3.8, 4) is 0 Å². The summed E-state index contributed by atoms with van der Waals surface area (Å²) in [5.74, 6) is -0.358. The van der Waals surface area contributed by atoms with Crippen LogP contribution in [0.4, 0.5) is 0 Å². The third-order valence-corrected chi connectivity index (χ3v) is 4.95. The van der Waals surface area contributed by atoms with E-state index >= 15 is 0 Å². The number of benzene rings is 1. The molecule has 2 unspecified atom stereocenters. The minimum Gasteiger partial charge on any atom is -0.273 e. The molecule has 19 heavy (non-hydrogen) atoms. The topological polar surface area (TPSA) is 37.4 Å². The zero-order valence-corrected chi connectivity index (χ0v) is 11.5. The molecule has 4 heteroatoms. The molecular weight excluding hydrogens is 258 g/mol. The molecule has 0 spiro atoms. The van der Waals surface area contributed by atoms with E-state index in [9.17, 15) is 9.59 Å². The molecule has 1 aromatic rings. The van der Waals surface area contributed by atoms with E-state index < -0.39 is 0 Å². The summed E-state index contributed by atoms with van der Waals surface area (Å²) in [6.07, 6.45) is 5.41. The van der Waals surface area contributed by atoms with Crippen LogP contribution in [0.15, 0.2) is 41.3 Å². The fraction of sp³-hybridized carbons (Fsp3) is 0.333. The number of aryl methyl sites for hydroxylation is 1. The summed E-state index contributed by atoms with van der Waals surface area (Å²) in [6, 6.07) is 7.81. The quantitative estimate of drug-likeness (QED) is 0.472. The number of carbonyl (C=O) groups is 2. The molecule has 1 fully saturated rings. The molecule has 3 rings (SSSR count). The van der Waals surface area contributed by atoms with Gasteiger partial charge in [0.05, 0.1) is 11.8 Å². The first-order chi connectivity index (χ1) is 9.18. The molecule has 0 aromatic heterocycles. The van der Waals surface area contributed by atoms with Crippen LogP contribution >= 0.6 is 11.9 Å². The monoisotopic (exact) mass is 273 g/mol. The Kier molecular flexibility index (Phi) is 3.19. The van der Waals surface area contributed by atoms with Gasteiger partial charge in [-0.15, -0.1) is 0 Å². The number of fused-ring (bicyclic) bond motifs is 1. The van der Waals surface area contributed by atoms with E-state index in [1.807, 2.05) is 43.3 Å². The lowest BCUT2D eigenvalue weighted by Crippen LogP contribution is -2.23. The van der Waals surface area contributed by atoms with Crippen molar-refractivity contribution in [1.82, 2.24) is 4.31 Å². The van der Waals surface area contributed by atoms with Crippen molar-refractivity contribution >= 4 is 23.8 Å². The first kappa shape index (κ1) is 12.5. The van der Waals surface area contributed by atoms with E-state index in [1.165, 1.54) is 16.3 Å². The van der Waals surface area contributed by atoms with Gasteiger partial charge in [0.2, 0.25) is 11.8 Å². The number of hydrogen-bond acceptors (Lipinski definition) is 3. The third kappa shape index (κ3) is 2.10. The van der Waals surface area contributed by atoms with Crippen LogP contribution in [0.5, 0.6) is 0 Å². The largest absolute Gasteiger partial charge is 0.273 e. The summed E-state index contributed by atoms with van der Waals surface area (Å²) >= 11 is 1.27. The average molecular weight is 273 g/mol. The van der Waals surface area contributed by atoms with Crippen molar-refractivity contribution < 1.29 is 9.59 Å². The highest BCUT2D eigenvalue weighted by atomic mass is 32.2. The molecule has 98 valence electrons. The summed E-state index contributed by atoms with van der Waals surface area (Å²) in [5.41, 5.74) is 1.08.